The number of halogens is 1. The van der Waals surface area contributed by atoms with Gasteiger partial charge < -0.3 is 4.74 Å². The van der Waals surface area contributed by atoms with E-state index in [0.29, 0.717) is 12.1 Å². The molecule has 1 aromatic carbocycles. The number of rotatable bonds is 6. The second kappa shape index (κ2) is 9.00. The maximum atomic E-state index is 5.82. The minimum Gasteiger partial charge on any atom is -0.377 e. The van der Waals surface area contributed by atoms with E-state index in [9.17, 15) is 0 Å². The molecule has 4 heteroatoms. The zero-order valence-electron chi connectivity index (χ0n) is 14.8. The van der Waals surface area contributed by atoms with Crippen molar-refractivity contribution >= 4 is 23.7 Å². The Kier molecular flexibility index (Phi) is 7.30. The molecule has 0 radical (unpaired) electrons. The molecule has 0 saturated carbocycles. The summed E-state index contributed by atoms with van der Waals surface area (Å²) < 4.78 is 5.82. The summed E-state index contributed by atoms with van der Waals surface area (Å²) in [5, 5.41) is 2.18. The van der Waals surface area contributed by atoms with Crippen molar-refractivity contribution in [2.45, 2.75) is 51.3 Å². The predicted octanol–water partition coefficient (Wildman–Crippen LogP) is 5.65. The second-order valence-electron chi connectivity index (χ2n) is 6.45. The zero-order valence-corrected chi connectivity index (χ0v) is 16.4. The van der Waals surface area contributed by atoms with Crippen LogP contribution in [0.2, 0.25) is 0 Å². The van der Waals surface area contributed by atoms with E-state index in [0.717, 1.165) is 19.4 Å². The summed E-state index contributed by atoms with van der Waals surface area (Å²) in [4.78, 5) is 4.15. The van der Waals surface area contributed by atoms with Crippen molar-refractivity contribution in [1.82, 2.24) is 4.90 Å². The number of thiophene rings is 1. The van der Waals surface area contributed by atoms with E-state index >= 15 is 0 Å². The van der Waals surface area contributed by atoms with Crippen molar-refractivity contribution < 1.29 is 4.74 Å². The van der Waals surface area contributed by atoms with Crippen molar-refractivity contribution in [3.8, 4) is 0 Å². The topological polar surface area (TPSA) is 12.5 Å². The van der Waals surface area contributed by atoms with Gasteiger partial charge in [-0.05, 0) is 55.3 Å². The zero-order chi connectivity index (χ0) is 16.2. The van der Waals surface area contributed by atoms with Gasteiger partial charge in [-0.15, -0.1) is 23.7 Å². The SMILES string of the molecule is CCCN([C@H]1Cc2ccccc2[C@@H](OC)C1)[C@@H](C)c1cccs1.Cl. The fraction of sp³-hybridized carbons (Fsp3) is 0.500. The largest absolute Gasteiger partial charge is 0.377 e. The van der Waals surface area contributed by atoms with Gasteiger partial charge in [-0.2, -0.15) is 0 Å². The Labute approximate surface area is 156 Å². The lowest BCUT2D eigenvalue weighted by Gasteiger charge is -2.41. The third-order valence-electron chi connectivity index (χ3n) is 5.03. The predicted molar refractivity (Wildman–Crippen MR) is 105 cm³/mol. The molecule has 3 rings (SSSR count). The van der Waals surface area contributed by atoms with E-state index in [2.05, 4.69) is 60.5 Å². The molecule has 3 atom stereocenters. The van der Waals surface area contributed by atoms with Gasteiger partial charge in [0, 0.05) is 24.1 Å². The molecule has 0 bridgehead atoms. The number of fused-ring (bicyclic) bond motifs is 1. The maximum Gasteiger partial charge on any atom is 0.0838 e. The summed E-state index contributed by atoms with van der Waals surface area (Å²) in [5.74, 6) is 0. The molecule has 0 amide bonds. The van der Waals surface area contributed by atoms with Crippen LogP contribution < -0.4 is 0 Å². The number of hydrogen-bond acceptors (Lipinski definition) is 3. The van der Waals surface area contributed by atoms with Crippen LogP contribution >= 0.6 is 23.7 Å². The van der Waals surface area contributed by atoms with Crippen LogP contribution in [0.1, 0.15) is 54.8 Å². The van der Waals surface area contributed by atoms with E-state index in [1.165, 1.54) is 22.4 Å². The highest BCUT2D eigenvalue weighted by Gasteiger charge is 2.32. The van der Waals surface area contributed by atoms with E-state index < -0.39 is 0 Å². The molecule has 0 N–H and O–H groups in total. The molecule has 2 aromatic rings. The summed E-state index contributed by atoms with van der Waals surface area (Å²) in [5.41, 5.74) is 2.83. The highest BCUT2D eigenvalue weighted by molar-refractivity contribution is 7.10. The van der Waals surface area contributed by atoms with Gasteiger partial charge in [0.25, 0.3) is 0 Å². The molecule has 1 heterocycles. The van der Waals surface area contributed by atoms with Crippen molar-refractivity contribution in [3.63, 3.8) is 0 Å². The molecule has 2 nitrogen and oxygen atoms in total. The molecule has 132 valence electrons. The molecular formula is C20H28ClNOS. The first-order chi connectivity index (χ1) is 11.2. The Morgan fingerprint density at radius 2 is 2.04 bits per heavy atom. The van der Waals surface area contributed by atoms with Crippen molar-refractivity contribution in [2.75, 3.05) is 13.7 Å². The summed E-state index contributed by atoms with van der Waals surface area (Å²) in [6, 6.07) is 14.2. The minimum atomic E-state index is 0. The van der Waals surface area contributed by atoms with Crippen molar-refractivity contribution in [2.24, 2.45) is 0 Å². The standard InChI is InChI=1S/C20H27NOS.ClH/c1-4-11-21(15(2)20-10-7-12-23-20)17-13-16-8-5-6-9-18(16)19(14-17)22-3;/h5-10,12,15,17,19H,4,11,13-14H2,1-3H3;1H/t15-,17-,19-;/m0./s1. The fourth-order valence-corrected chi connectivity index (χ4v) is 4.67. The number of hydrogen-bond donors (Lipinski definition) is 0. The third-order valence-corrected chi connectivity index (χ3v) is 6.07. The van der Waals surface area contributed by atoms with Crippen LogP contribution in [0.5, 0.6) is 0 Å². The highest BCUT2D eigenvalue weighted by Crippen LogP contribution is 2.37. The van der Waals surface area contributed by atoms with Gasteiger partial charge in [-0.3, -0.25) is 4.90 Å². The van der Waals surface area contributed by atoms with Crippen LogP contribution in [0.3, 0.4) is 0 Å². The lowest BCUT2D eigenvalue weighted by molar-refractivity contribution is 0.0372. The Morgan fingerprint density at radius 1 is 1.25 bits per heavy atom. The molecule has 0 saturated heterocycles. The van der Waals surface area contributed by atoms with Gasteiger partial charge in [0.15, 0.2) is 0 Å². The van der Waals surface area contributed by atoms with Crippen LogP contribution in [0.25, 0.3) is 0 Å². The molecule has 24 heavy (non-hydrogen) atoms. The summed E-state index contributed by atoms with van der Waals surface area (Å²) in [6.45, 7) is 5.77. The van der Waals surface area contributed by atoms with E-state index in [1.54, 1.807) is 0 Å². The van der Waals surface area contributed by atoms with E-state index in [4.69, 9.17) is 4.74 Å². The number of methoxy groups -OCH3 is 1. The van der Waals surface area contributed by atoms with Gasteiger partial charge in [-0.1, -0.05) is 37.3 Å². The molecule has 1 aliphatic rings. The van der Waals surface area contributed by atoms with Crippen LogP contribution in [0, 0.1) is 0 Å². The smallest absolute Gasteiger partial charge is 0.0838 e. The molecule has 0 unspecified atom stereocenters. The van der Waals surface area contributed by atoms with Gasteiger partial charge in [0.2, 0.25) is 0 Å². The quantitative estimate of drug-likeness (QED) is 0.656. The first-order valence-corrected chi connectivity index (χ1v) is 9.52. The van der Waals surface area contributed by atoms with E-state index in [1.807, 2.05) is 18.4 Å². The van der Waals surface area contributed by atoms with Gasteiger partial charge in [0.05, 0.1) is 6.10 Å². The van der Waals surface area contributed by atoms with Crippen LogP contribution in [0.15, 0.2) is 41.8 Å². The van der Waals surface area contributed by atoms with Crippen molar-refractivity contribution in [1.29, 1.82) is 0 Å². The Balaban J connectivity index is 0.00000208. The monoisotopic (exact) mass is 365 g/mol. The average molecular weight is 366 g/mol. The van der Waals surface area contributed by atoms with E-state index in [-0.39, 0.29) is 18.5 Å². The average Bonchev–Trinajstić information content (AvgIpc) is 3.12. The molecule has 1 aromatic heterocycles. The highest BCUT2D eigenvalue weighted by atomic mass is 35.5. The number of ether oxygens (including phenoxy) is 1. The van der Waals surface area contributed by atoms with Crippen LogP contribution in [-0.4, -0.2) is 24.6 Å². The Bertz CT molecular complexity index is 616. The lowest BCUT2D eigenvalue weighted by Crippen LogP contribution is -2.42. The molecular weight excluding hydrogens is 338 g/mol. The summed E-state index contributed by atoms with van der Waals surface area (Å²) >= 11 is 1.87. The maximum absolute atomic E-state index is 5.82. The van der Waals surface area contributed by atoms with Gasteiger partial charge >= 0.3 is 0 Å². The number of benzene rings is 1. The lowest BCUT2D eigenvalue weighted by atomic mass is 9.84. The first kappa shape index (κ1) is 19.5. The molecule has 0 fully saturated rings. The van der Waals surface area contributed by atoms with Gasteiger partial charge in [-0.25, -0.2) is 0 Å². The van der Waals surface area contributed by atoms with Crippen LogP contribution in [-0.2, 0) is 11.2 Å². The van der Waals surface area contributed by atoms with Crippen molar-refractivity contribution in [3.05, 3.63) is 57.8 Å². The second-order valence-corrected chi connectivity index (χ2v) is 7.43. The molecule has 0 spiro atoms. The fourth-order valence-electron chi connectivity index (χ4n) is 3.86. The third kappa shape index (κ3) is 4.02. The normalized spacial score (nSPS) is 21.2. The summed E-state index contributed by atoms with van der Waals surface area (Å²) in [6.07, 6.45) is 3.63. The first-order valence-electron chi connectivity index (χ1n) is 8.64. The Morgan fingerprint density at radius 3 is 2.71 bits per heavy atom. The van der Waals surface area contributed by atoms with Gasteiger partial charge in [0.1, 0.15) is 0 Å². The minimum absolute atomic E-state index is 0. The molecule has 0 aliphatic heterocycles. The number of nitrogens with zero attached hydrogens (tertiary/aromatic N) is 1. The van der Waals surface area contributed by atoms with Crippen LogP contribution in [0.4, 0.5) is 0 Å². The summed E-state index contributed by atoms with van der Waals surface area (Å²) in [7, 11) is 1.84. The Hall–Kier alpha value is -0.870. The molecule has 1 aliphatic carbocycles.